The average Bonchev–Trinajstić information content (AvgIpc) is 2.74. The summed E-state index contributed by atoms with van der Waals surface area (Å²) in [4.78, 5) is 47.2. The van der Waals surface area contributed by atoms with Crippen molar-refractivity contribution >= 4 is 46.7 Å². The molecule has 0 unspecified atom stereocenters. The number of amides is 2. The number of carbonyl (C=O) groups excluding carboxylic acids is 4. The lowest BCUT2D eigenvalue weighted by atomic mass is 10.2. The molecule has 31 heavy (non-hydrogen) atoms. The minimum Gasteiger partial charge on any atom is -0.462 e. The number of benzene rings is 2. The zero-order valence-electron chi connectivity index (χ0n) is 17.2. The fourth-order valence-electron chi connectivity index (χ4n) is 2.43. The zero-order valence-corrected chi connectivity index (χ0v) is 18.0. The molecule has 0 aliphatic carbocycles. The molecule has 2 N–H and O–H groups in total. The number of rotatable bonds is 9. The number of esters is 2. The molecule has 2 aromatic rings. The summed E-state index contributed by atoms with van der Waals surface area (Å²) in [6, 6.07) is 11.2. The van der Waals surface area contributed by atoms with E-state index in [0.717, 1.165) is 5.56 Å². The molecule has 0 heterocycles. The van der Waals surface area contributed by atoms with Gasteiger partial charge in [-0.2, -0.15) is 0 Å². The normalized spacial score (nSPS) is 10.2. The highest BCUT2D eigenvalue weighted by Crippen LogP contribution is 2.19. The summed E-state index contributed by atoms with van der Waals surface area (Å²) in [6.45, 7) is 3.35. The van der Waals surface area contributed by atoms with Crippen molar-refractivity contribution in [2.75, 3.05) is 23.8 Å². The molecule has 2 aromatic carbocycles. The van der Waals surface area contributed by atoms with E-state index in [1.54, 1.807) is 37.3 Å². The SMILES string of the molecule is CCOC(=O)c1ccc(NC(=O)CCC(=O)OCC(=O)Nc2ccc(C)c(Cl)c2)cc1. The van der Waals surface area contributed by atoms with Crippen LogP contribution >= 0.6 is 11.6 Å². The largest absolute Gasteiger partial charge is 0.462 e. The van der Waals surface area contributed by atoms with Gasteiger partial charge in [0.2, 0.25) is 5.91 Å². The first-order chi connectivity index (χ1) is 14.8. The van der Waals surface area contributed by atoms with E-state index >= 15 is 0 Å². The Hall–Kier alpha value is -3.39. The minimum absolute atomic E-state index is 0.117. The van der Waals surface area contributed by atoms with E-state index < -0.39 is 30.4 Å². The van der Waals surface area contributed by atoms with Crippen LogP contribution in [0.4, 0.5) is 11.4 Å². The first-order valence-corrected chi connectivity index (χ1v) is 9.95. The van der Waals surface area contributed by atoms with Gasteiger partial charge in [-0.05, 0) is 55.8 Å². The number of ether oxygens (including phenoxy) is 2. The van der Waals surface area contributed by atoms with E-state index in [2.05, 4.69) is 10.6 Å². The molecule has 0 radical (unpaired) electrons. The van der Waals surface area contributed by atoms with Crippen molar-refractivity contribution in [1.29, 1.82) is 0 Å². The van der Waals surface area contributed by atoms with Crippen LogP contribution in [0.15, 0.2) is 42.5 Å². The summed E-state index contributed by atoms with van der Waals surface area (Å²) in [7, 11) is 0. The lowest BCUT2D eigenvalue weighted by Crippen LogP contribution is -2.21. The van der Waals surface area contributed by atoms with Gasteiger partial charge in [0.15, 0.2) is 6.61 Å². The van der Waals surface area contributed by atoms with Crippen LogP contribution < -0.4 is 10.6 Å². The van der Waals surface area contributed by atoms with Gasteiger partial charge in [0.25, 0.3) is 5.91 Å². The molecular weight excluding hydrogens is 424 g/mol. The van der Waals surface area contributed by atoms with Crippen molar-refractivity contribution in [3.05, 3.63) is 58.6 Å². The van der Waals surface area contributed by atoms with Gasteiger partial charge in [-0.1, -0.05) is 17.7 Å². The Morgan fingerprint density at radius 2 is 1.52 bits per heavy atom. The second-order valence-electron chi connectivity index (χ2n) is 6.52. The van der Waals surface area contributed by atoms with Crippen LogP contribution in [0, 0.1) is 6.92 Å². The molecule has 164 valence electrons. The van der Waals surface area contributed by atoms with Gasteiger partial charge in [-0.25, -0.2) is 4.79 Å². The highest BCUT2D eigenvalue weighted by molar-refractivity contribution is 6.31. The molecule has 0 spiro atoms. The quantitative estimate of drug-likeness (QED) is 0.568. The number of hydrogen-bond acceptors (Lipinski definition) is 6. The van der Waals surface area contributed by atoms with E-state index in [4.69, 9.17) is 21.1 Å². The molecule has 2 amide bonds. The number of carbonyl (C=O) groups is 4. The average molecular weight is 447 g/mol. The highest BCUT2D eigenvalue weighted by Gasteiger charge is 2.12. The summed E-state index contributed by atoms with van der Waals surface area (Å²) in [5.74, 6) is -2.04. The van der Waals surface area contributed by atoms with Crippen molar-refractivity contribution in [1.82, 2.24) is 0 Å². The Balaban J connectivity index is 1.70. The second kappa shape index (κ2) is 11.7. The molecule has 0 bridgehead atoms. The Bertz CT molecular complexity index is 959. The lowest BCUT2D eigenvalue weighted by Gasteiger charge is -2.08. The minimum atomic E-state index is -0.676. The fourth-order valence-corrected chi connectivity index (χ4v) is 2.61. The predicted molar refractivity (Wildman–Crippen MR) is 116 cm³/mol. The lowest BCUT2D eigenvalue weighted by molar-refractivity contribution is -0.147. The van der Waals surface area contributed by atoms with Crippen molar-refractivity contribution in [2.45, 2.75) is 26.7 Å². The third-order valence-electron chi connectivity index (χ3n) is 4.06. The number of halogens is 1. The molecule has 2 rings (SSSR count). The summed E-state index contributed by atoms with van der Waals surface area (Å²) in [6.07, 6.45) is -0.302. The molecule has 0 aromatic heterocycles. The van der Waals surface area contributed by atoms with Gasteiger partial charge in [0, 0.05) is 22.8 Å². The van der Waals surface area contributed by atoms with Gasteiger partial charge in [-0.3, -0.25) is 14.4 Å². The van der Waals surface area contributed by atoms with E-state index in [0.29, 0.717) is 22.0 Å². The maximum atomic E-state index is 12.0. The molecule has 0 aliphatic heterocycles. The summed E-state index contributed by atoms with van der Waals surface area (Å²) < 4.78 is 9.76. The molecular formula is C22H23ClN2O6. The Morgan fingerprint density at radius 3 is 2.16 bits per heavy atom. The molecule has 0 fully saturated rings. The van der Waals surface area contributed by atoms with E-state index in [1.165, 1.54) is 12.1 Å². The van der Waals surface area contributed by atoms with E-state index in [1.807, 2.05) is 6.92 Å². The van der Waals surface area contributed by atoms with Crippen molar-refractivity contribution < 1.29 is 28.7 Å². The Labute approximate surface area is 184 Å². The smallest absolute Gasteiger partial charge is 0.338 e. The maximum Gasteiger partial charge on any atom is 0.338 e. The van der Waals surface area contributed by atoms with E-state index in [-0.39, 0.29) is 19.4 Å². The van der Waals surface area contributed by atoms with Gasteiger partial charge < -0.3 is 20.1 Å². The van der Waals surface area contributed by atoms with Crippen LogP contribution in [-0.2, 0) is 23.9 Å². The second-order valence-corrected chi connectivity index (χ2v) is 6.93. The van der Waals surface area contributed by atoms with Crippen molar-refractivity contribution in [3.63, 3.8) is 0 Å². The van der Waals surface area contributed by atoms with Crippen LogP contribution in [0.25, 0.3) is 0 Å². The molecule has 0 aliphatic rings. The number of anilines is 2. The van der Waals surface area contributed by atoms with Crippen molar-refractivity contribution in [3.8, 4) is 0 Å². The standard InChI is InChI=1S/C22H23ClN2O6/c1-3-30-22(29)15-5-8-16(9-6-15)24-19(26)10-11-21(28)31-13-20(27)25-17-7-4-14(2)18(23)12-17/h4-9,12H,3,10-11,13H2,1-2H3,(H,24,26)(H,25,27). The van der Waals surface area contributed by atoms with Crippen LogP contribution in [-0.4, -0.2) is 37.0 Å². The molecule has 8 nitrogen and oxygen atoms in total. The summed E-state index contributed by atoms with van der Waals surface area (Å²) in [5, 5.41) is 5.69. The van der Waals surface area contributed by atoms with Gasteiger partial charge in [-0.15, -0.1) is 0 Å². The number of nitrogens with one attached hydrogen (secondary N) is 2. The molecule has 9 heteroatoms. The van der Waals surface area contributed by atoms with E-state index in [9.17, 15) is 19.2 Å². The third kappa shape index (κ3) is 8.10. The molecule has 0 atom stereocenters. The summed E-state index contributed by atoms with van der Waals surface area (Å²) >= 11 is 5.99. The Morgan fingerprint density at radius 1 is 0.871 bits per heavy atom. The predicted octanol–water partition coefficient (Wildman–Crippen LogP) is 3.73. The fraction of sp³-hybridized carbons (Fsp3) is 0.273. The van der Waals surface area contributed by atoms with Crippen molar-refractivity contribution in [2.24, 2.45) is 0 Å². The van der Waals surface area contributed by atoms with Gasteiger partial charge in [0.1, 0.15) is 0 Å². The monoisotopic (exact) mass is 446 g/mol. The van der Waals surface area contributed by atoms with Crippen LogP contribution in [0.3, 0.4) is 0 Å². The number of hydrogen-bond donors (Lipinski definition) is 2. The highest BCUT2D eigenvalue weighted by atomic mass is 35.5. The molecule has 0 saturated heterocycles. The molecule has 0 saturated carbocycles. The zero-order chi connectivity index (χ0) is 22.8. The first kappa shape index (κ1) is 23.9. The Kier molecular flexibility index (Phi) is 9.02. The first-order valence-electron chi connectivity index (χ1n) is 9.57. The van der Waals surface area contributed by atoms with Crippen LogP contribution in [0.1, 0.15) is 35.7 Å². The van der Waals surface area contributed by atoms with Gasteiger partial charge in [0.05, 0.1) is 18.6 Å². The van der Waals surface area contributed by atoms with Crippen LogP contribution in [0.2, 0.25) is 5.02 Å². The van der Waals surface area contributed by atoms with Gasteiger partial charge >= 0.3 is 11.9 Å². The van der Waals surface area contributed by atoms with Crippen LogP contribution in [0.5, 0.6) is 0 Å². The maximum absolute atomic E-state index is 12.0. The topological polar surface area (TPSA) is 111 Å². The third-order valence-corrected chi connectivity index (χ3v) is 4.46. The number of aryl methyl sites for hydroxylation is 1. The summed E-state index contributed by atoms with van der Waals surface area (Å²) in [5.41, 5.74) is 2.21.